The molecule has 0 aliphatic carbocycles. The van der Waals surface area contributed by atoms with E-state index in [0.717, 1.165) is 11.4 Å². The molecule has 3 nitrogen and oxygen atoms in total. The number of carboxylic acids is 1. The van der Waals surface area contributed by atoms with Crippen LogP contribution in [-0.4, -0.2) is 29.9 Å². The molecule has 0 heterocycles. The zero-order chi connectivity index (χ0) is 12.1. The molecule has 0 saturated heterocycles. The lowest BCUT2D eigenvalue weighted by atomic mass is 10.2. The van der Waals surface area contributed by atoms with Crippen molar-refractivity contribution >= 4 is 23.4 Å². The summed E-state index contributed by atoms with van der Waals surface area (Å²) in [6.45, 7) is 3.79. The van der Waals surface area contributed by atoms with Crippen LogP contribution < -0.4 is 4.90 Å². The second-order valence-electron chi connectivity index (χ2n) is 3.55. The van der Waals surface area contributed by atoms with Crippen LogP contribution in [0.3, 0.4) is 0 Å². The number of hydrogen-bond donors (Lipinski definition) is 1. The fourth-order valence-corrected chi connectivity index (χ4v) is 2.00. The first-order valence-corrected chi connectivity index (χ1v) is 6.23. The Morgan fingerprint density at radius 3 is 2.44 bits per heavy atom. The number of hydrogen-bond acceptors (Lipinski definition) is 3. The minimum Gasteiger partial charge on any atom is -0.480 e. The van der Waals surface area contributed by atoms with E-state index < -0.39 is 12.0 Å². The summed E-state index contributed by atoms with van der Waals surface area (Å²) in [6, 6.07) is 7.45. The molecule has 88 valence electrons. The van der Waals surface area contributed by atoms with Gasteiger partial charge in [-0.05, 0) is 36.9 Å². The van der Waals surface area contributed by atoms with Crippen LogP contribution in [0.15, 0.2) is 29.2 Å². The average molecular weight is 239 g/mol. The van der Waals surface area contributed by atoms with Crippen LogP contribution in [0.2, 0.25) is 0 Å². The molecule has 4 heteroatoms. The Bertz CT molecular complexity index is 351. The van der Waals surface area contributed by atoms with E-state index in [1.165, 1.54) is 4.90 Å². The van der Waals surface area contributed by atoms with Crippen molar-refractivity contribution in [3.8, 4) is 0 Å². The highest BCUT2D eigenvalue weighted by atomic mass is 32.2. The van der Waals surface area contributed by atoms with Gasteiger partial charge in [-0.15, -0.1) is 11.8 Å². The van der Waals surface area contributed by atoms with E-state index in [-0.39, 0.29) is 0 Å². The van der Waals surface area contributed by atoms with E-state index in [1.807, 2.05) is 24.3 Å². The summed E-state index contributed by atoms with van der Waals surface area (Å²) in [4.78, 5) is 13.8. The number of likely N-dealkylation sites (N-methyl/N-ethyl adjacent to an activating group) is 1. The molecule has 0 amide bonds. The van der Waals surface area contributed by atoms with Gasteiger partial charge in [0.1, 0.15) is 6.04 Å². The van der Waals surface area contributed by atoms with E-state index in [1.54, 1.807) is 30.6 Å². The van der Waals surface area contributed by atoms with E-state index in [9.17, 15) is 4.79 Å². The third-order valence-corrected chi connectivity index (χ3v) is 3.39. The maximum Gasteiger partial charge on any atom is 0.326 e. The van der Waals surface area contributed by atoms with Crippen LogP contribution in [0.1, 0.15) is 13.8 Å². The molecular formula is C12H17NO2S. The largest absolute Gasteiger partial charge is 0.480 e. The number of carboxylic acid groups (broad SMARTS) is 1. The maximum absolute atomic E-state index is 10.8. The van der Waals surface area contributed by atoms with Crippen molar-refractivity contribution in [2.75, 3.05) is 17.7 Å². The third-order valence-electron chi connectivity index (χ3n) is 2.49. The molecule has 0 aliphatic heterocycles. The molecule has 1 aromatic rings. The first kappa shape index (κ1) is 12.9. The Labute approximate surface area is 100 Å². The predicted octanol–water partition coefficient (Wildman–Crippen LogP) is 2.71. The third kappa shape index (κ3) is 3.17. The van der Waals surface area contributed by atoms with Crippen LogP contribution in [0.5, 0.6) is 0 Å². The zero-order valence-electron chi connectivity index (χ0n) is 9.80. The minimum atomic E-state index is -0.811. The van der Waals surface area contributed by atoms with Gasteiger partial charge >= 0.3 is 5.97 Å². The number of aliphatic carboxylic acids is 1. The summed E-state index contributed by atoms with van der Waals surface area (Å²) < 4.78 is 0. The molecule has 16 heavy (non-hydrogen) atoms. The monoisotopic (exact) mass is 239 g/mol. The van der Waals surface area contributed by atoms with Crippen LogP contribution in [-0.2, 0) is 4.79 Å². The van der Waals surface area contributed by atoms with E-state index in [0.29, 0.717) is 0 Å². The molecule has 0 aliphatic rings. The quantitative estimate of drug-likeness (QED) is 0.802. The van der Waals surface area contributed by atoms with Gasteiger partial charge in [-0.25, -0.2) is 4.79 Å². The SMILES string of the molecule is CCSc1ccc(N(C)C(C)C(=O)O)cc1. The second-order valence-corrected chi connectivity index (χ2v) is 4.89. The number of nitrogens with zero attached hydrogens (tertiary/aromatic N) is 1. The number of rotatable bonds is 5. The summed E-state index contributed by atoms with van der Waals surface area (Å²) in [5, 5.41) is 8.91. The molecule has 0 saturated carbocycles. The van der Waals surface area contributed by atoms with E-state index >= 15 is 0 Å². The average Bonchev–Trinajstić information content (AvgIpc) is 2.28. The first-order valence-electron chi connectivity index (χ1n) is 5.24. The lowest BCUT2D eigenvalue weighted by Gasteiger charge is -2.23. The summed E-state index contributed by atoms with van der Waals surface area (Å²) in [7, 11) is 1.79. The van der Waals surface area contributed by atoms with Crippen LogP contribution in [0, 0.1) is 0 Å². The number of benzene rings is 1. The van der Waals surface area contributed by atoms with Gasteiger partial charge in [0.2, 0.25) is 0 Å². The van der Waals surface area contributed by atoms with E-state index in [4.69, 9.17) is 5.11 Å². The highest BCUT2D eigenvalue weighted by Crippen LogP contribution is 2.22. The topological polar surface area (TPSA) is 40.5 Å². The highest BCUT2D eigenvalue weighted by molar-refractivity contribution is 7.99. The van der Waals surface area contributed by atoms with Crippen molar-refractivity contribution in [3.63, 3.8) is 0 Å². The highest BCUT2D eigenvalue weighted by Gasteiger charge is 2.16. The first-order chi connectivity index (χ1) is 7.56. The predicted molar refractivity (Wildman–Crippen MR) is 68.3 cm³/mol. The van der Waals surface area contributed by atoms with Crippen molar-refractivity contribution in [2.45, 2.75) is 24.8 Å². The number of thioether (sulfide) groups is 1. The summed E-state index contributed by atoms with van der Waals surface area (Å²) >= 11 is 1.78. The molecule has 0 spiro atoms. The van der Waals surface area contributed by atoms with Crippen LogP contribution >= 0.6 is 11.8 Å². The van der Waals surface area contributed by atoms with Crippen molar-refractivity contribution < 1.29 is 9.90 Å². The van der Waals surface area contributed by atoms with Gasteiger partial charge in [0.05, 0.1) is 0 Å². The number of carbonyl (C=O) groups is 1. The molecule has 0 aromatic heterocycles. The Balaban J connectivity index is 2.77. The van der Waals surface area contributed by atoms with E-state index in [2.05, 4.69) is 6.92 Å². The van der Waals surface area contributed by atoms with Crippen molar-refractivity contribution in [1.82, 2.24) is 0 Å². The molecule has 1 unspecified atom stereocenters. The smallest absolute Gasteiger partial charge is 0.326 e. The van der Waals surface area contributed by atoms with Gasteiger partial charge in [-0.3, -0.25) is 0 Å². The molecular weight excluding hydrogens is 222 g/mol. The maximum atomic E-state index is 10.8. The number of anilines is 1. The second kappa shape index (κ2) is 5.80. The molecule has 0 radical (unpaired) electrons. The van der Waals surface area contributed by atoms with Crippen LogP contribution in [0.25, 0.3) is 0 Å². The van der Waals surface area contributed by atoms with Crippen molar-refractivity contribution in [3.05, 3.63) is 24.3 Å². The molecule has 0 bridgehead atoms. The molecule has 1 rings (SSSR count). The summed E-state index contributed by atoms with van der Waals surface area (Å²) in [5.41, 5.74) is 0.926. The van der Waals surface area contributed by atoms with Gasteiger partial charge in [-0.1, -0.05) is 6.92 Å². The van der Waals surface area contributed by atoms with Crippen molar-refractivity contribution in [1.29, 1.82) is 0 Å². The fourth-order valence-electron chi connectivity index (χ4n) is 1.33. The Morgan fingerprint density at radius 2 is 2.00 bits per heavy atom. The molecule has 1 N–H and O–H groups in total. The summed E-state index contributed by atoms with van der Waals surface area (Å²) in [5.74, 6) is 0.232. The van der Waals surface area contributed by atoms with Gasteiger partial charge < -0.3 is 10.0 Å². The van der Waals surface area contributed by atoms with Crippen LogP contribution in [0.4, 0.5) is 5.69 Å². The lowest BCUT2D eigenvalue weighted by molar-refractivity contribution is -0.138. The fraction of sp³-hybridized carbons (Fsp3) is 0.417. The molecule has 1 atom stereocenters. The normalized spacial score (nSPS) is 12.2. The zero-order valence-corrected chi connectivity index (χ0v) is 10.6. The Hall–Kier alpha value is -1.16. The Kier molecular flexibility index (Phi) is 4.68. The molecule has 1 aromatic carbocycles. The minimum absolute atomic E-state index is 0.510. The van der Waals surface area contributed by atoms with Gasteiger partial charge in [0, 0.05) is 17.6 Å². The molecule has 0 fully saturated rings. The van der Waals surface area contributed by atoms with Gasteiger partial charge in [0.15, 0.2) is 0 Å². The van der Waals surface area contributed by atoms with Gasteiger partial charge in [0.25, 0.3) is 0 Å². The van der Waals surface area contributed by atoms with Gasteiger partial charge in [-0.2, -0.15) is 0 Å². The van der Waals surface area contributed by atoms with Crippen molar-refractivity contribution in [2.24, 2.45) is 0 Å². The lowest BCUT2D eigenvalue weighted by Crippen LogP contribution is -2.35. The Morgan fingerprint density at radius 1 is 1.44 bits per heavy atom. The summed E-state index contributed by atoms with van der Waals surface area (Å²) in [6.07, 6.45) is 0. The standard InChI is InChI=1S/C12H17NO2S/c1-4-16-11-7-5-10(6-8-11)13(3)9(2)12(14)15/h5-9H,4H2,1-3H3,(H,14,15).